The lowest BCUT2D eigenvalue weighted by molar-refractivity contribution is -0.143. The molecule has 0 aliphatic carbocycles. The van der Waals surface area contributed by atoms with E-state index in [0.29, 0.717) is 6.61 Å². The zero-order valence-corrected chi connectivity index (χ0v) is 11.5. The number of ether oxygens (including phenoxy) is 1. The molecule has 1 aromatic rings. The van der Waals surface area contributed by atoms with Crippen LogP contribution in [0.15, 0.2) is 12.1 Å². The fraction of sp³-hybridized carbons (Fsp3) is 0.467. The predicted octanol–water partition coefficient (Wildman–Crippen LogP) is 3.14. The van der Waals surface area contributed by atoms with Gasteiger partial charge in [0, 0.05) is 12.0 Å². The van der Waals surface area contributed by atoms with Crippen LogP contribution in [0.4, 0.5) is 0 Å². The van der Waals surface area contributed by atoms with Crippen LogP contribution in [0.1, 0.15) is 46.8 Å². The minimum Gasteiger partial charge on any atom is -0.466 e. The Bertz CT molecular complexity index is 438. The molecule has 0 aromatic heterocycles. The van der Waals surface area contributed by atoms with Crippen molar-refractivity contribution >= 4 is 11.8 Å². The summed E-state index contributed by atoms with van der Waals surface area (Å²) < 4.78 is 4.82. The molecule has 0 saturated heterocycles. The van der Waals surface area contributed by atoms with Crippen molar-refractivity contribution in [3.63, 3.8) is 0 Å². The van der Waals surface area contributed by atoms with Crippen LogP contribution in [0.5, 0.6) is 0 Å². The molecule has 0 bridgehead atoms. The number of hydrogen-bond donors (Lipinski definition) is 0. The topological polar surface area (TPSA) is 43.4 Å². The largest absolute Gasteiger partial charge is 0.466 e. The Kier molecular flexibility index (Phi) is 5.08. The summed E-state index contributed by atoms with van der Waals surface area (Å²) in [5, 5.41) is 0. The van der Waals surface area contributed by atoms with E-state index in [0.717, 1.165) is 22.3 Å². The Balaban J connectivity index is 2.76. The average Bonchev–Trinajstić information content (AvgIpc) is 2.25. The summed E-state index contributed by atoms with van der Waals surface area (Å²) in [6.45, 7) is 7.98. The van der Waals surface area contributed by atoms with E-state index < -0.39 is 0 Å². The van der Waals surface area contributed by atoms with Crippen molar-refractivity contribution in [1.82, 2.24) is 0 Å². The van der Waals surface area contributed by atoms with E-state index in [1.54, 1.807) is 6.92 Å². The van der Waals surface area contributed by atoms with Crippen LogP contribution >= 0.6 is 0 Å². The van der Waals surface area contributed by atoms with E-state index in [1.807, 2.05) is 32.9 Å². The molecular weight excluding hydrogens is 228 g/mol. The molecule has 0 aliphatic heterocycles. The van der Waals surface area contributed by atoms with E-state index in [2.05, 4.69) is 0 Å². The van der Waals surface area contributed by atoms with Crippen molar-refractivity contribution < 1.29 is 14.3 Å². The van der Waals surface area contributed by atoms with Crippen molar-refractivity contribution in [2.45, 2.75) is 40.5 Å². The minimum absolute atomic E-state index is 0.0121. The second-order valence-corrected chi connectivity index (χ2v) is 4.50. The molecular formula is C15H20O3. The zero-order chi connectivity index (χ0) is 13.7. The van der Waals surface area contributed by atoms with Gasteiger partial charge in [0.25, 0.3) is 0 Å². The molecule has 98 valence electrons. The first-order valence-corrected chi connectivity index (χ1v) is 6.22. The summed E-state index contributed by atoms with van der Waals surface area (Å²) in [4.78, 5) is 23.3. The van der Waals surface area contributed by atoms with E-state index in [9.17, 15) is 9.59 Å². The summed E-state index contributed by atoms with van der Waals surface area (Å²) in [5.74, 6) is -0.300. The predicted molar refractivity (Wildman–Crippen MR) is 70.9 cm³/mol. The lowest BCUT2D eigenvalue weighted by Crippen LogP contribution is -2.10. The van der Waals surface area contributed by atoms with Crippen molar-refractivity contribution in [2.75, 3.05) is 6.61 Å². The molecule has 0 saturated carbocycles. The molecule has 0 radical (unpaired) electrons. The van der Waals surface area contributed by atoms with Gasteiger partial charge in [0.15, 0.2) is 5.78 Å². The fourth-order valence-corrected chi connectivity index (χ4v) is 2.19. The van der Waals surface area contributed by atoms with Gasteiger partial charge in [0.2, 0.25) is 0 Å². The highest BCUT2D eigenvalue weighted by atomic mass is 16.5. The van der Waals surface area contributed by atoms with Crippen molar-refractivity contribution in [1.29, 1.82) is 0 Å². The molecule has 0 aliphatic rings. The fourth-order valence-electron chi connectivity index (χ4n) is 2.19. The molecule has 0 atom stereocenters. The second kappa shape index (κ2) is 6.34. The van der Waals surface area contributed by atoms with Crippen LogP contribution in [-0.4, -0.2) is 18.4 Å². The van der Waals surface area contributed by atoms with Gasteiger partial charge in [0.05, 0.1) is 13.0 Å². The number of hydrogen-bond acceptors (Lipinski definition) is 3. The quantitative estimate of drug-likeness (QED) is 0.594. The number of Topliss-reactive ketones (excluding diaryl/α,β-unsaturated/α-hetero) is 1. The van der Waals surface area contributed by atoms with Gasteiger partial charge < -0.3 is 4.74 Å². The standard InChI is InChI=1S/C15H20O3/c1-5-18-14(17)7-6-13(16)15-11(3)8-10(2)9-12(15)4/h8-9H,5-7H2,1-4H3. The Morgan fingerprint density at radius 3 is 2.11 bits per heavy atom. The SMILES string of the molecule is CCOC(=O)CCC(=O)c1c(C)cc(C)cc1C. The number of ketones is 1. The van der Waals surface area contributed by atoms with E-state index >= 15 is 0 Å². The van der Waals surface area contributed by atoms with Crippen LogP contribution in [0.25, 0.3) is 0 Å². The molecule has 1 aromatic carbocycles. The third-order valence-electron chi connectivity index (χ3n) is 2.82. The Labute approximate surface area is 108 Å². The summed E-state index contributed by atoms with van der Waals surface area (Å²) in [7, 11) is 0. The third kappa shape index (κ3) is 3.69. The molecule has 0 amide bonds. The monoisotopic (exact) mass is 248 g/mol. The number of carbonyl (C=O) groups excluding carboxylic acids is 2. The third-order valence-corrected chi connectivity index (χ3v) is 2.82. The van der Waals surface area contributed by atoms with Crippen molar-refractivity contribution in [3.05, 3.63) is 34.4 Å². The van der Waals surface area contributed by atoms with Crippen LogP contribution in [0.2, 0.25) is 0 Å². The van der Waals surface area contributed by atoms with Crippen molar-refractivity contribution in [2.24, 2.45) is 0 Å². The minimum atomic E-state index is -0.312. The smallest absolute Gasteiger partial charge is 0.306 e. The molecule has 0 unspecified atom stereocenters. The van der Waals surface area contributed by atoms with Crippen LogP contribution in [-0.2, 0) is 9.53 Å². The maximum atomic E-state index is 12.1. The van der Waals surface area contributed by atoms with Crippen molar-refractivity contribution in [3.8, 4) is 0 Å². The maximum absolute atomic E-state index is 12.1. The van der Waals surface area contributed by atoms with E-state index in [-0.39, 0.29) is 24.6 Å². The Hall–Kier alpha value is -1.64. The average molecular weight is 248 g/mol. The highest BCUT2D eigenvalue weighted by molar-refractivity contribution is 6.00. The van der Waals surface area contributed by atoms with Gasteiger partial charge in [-0.25, -0.2) is 0 Å². The molecule has 0 N–H and O–H groups in total. The van der Waals surface area contributed by atoms with Gasteiger partial charge >= 0.3 is 5.97 Å². The molecule has 0 spiro atoms. The summed E-state index contributed by atoms with van der Waals surface area (Å²) in [6.07, 6.45) is 0.364. The highest BCUT2D eigenvalue weighted by Crippen LogP contribution is 2.18. The summed E-state index contributed by atoms with van der Waals surface area (Å²) >= 11 is 0. The zero-order valence-electron chi connectivity index (χ0n) is 11.5. The Morgan fingerprint density at radius 1 is 1.06 bits per heavy atom. The highest BCUT2D eigenvalue weighted by Gasteiger charge is 2.14. The first-order valence-electron chi connectivity index (χ1n) is 6.22. The van der Waals surface area contributed by atoms with Gasteiger partial charge in [-0.3, -0.25) is 9.59 Å². The van der Waals surface area contributed by atoms with Crippen LogP contribution in [0.3, 0.4) is 0 Å². The van der Waals surface area contributed by atoms with Gasteiger partial charge in [-0.2, -0.15) is 0 Å². The number of carbonyl (C=O) groups is 2. The maximum Gasteiger partial charge on any atom is 0.306 e. The molecule has 3 nitrogen and oxygen atoms in total. The van der Waals surface area contributed by atoms with E-state index in [4.69, 9.17) is 4.74 Å². The number of rotatable bonds is 5. The molecule has 0 heterocycles. The molecule has 0 fully saturated rings. The van der Waals surface area contributed by atoms with Crippen LogP contribution < -0.4 is 0 Å². The summed E-state index contributed by atoms with van der Waals surface area (Å²) in [6, 6.07) is 3.98. The first-order chi connectivity index (χ1) is 8.45. The lowest BCUT2D eigenvalue weighted by atomic mass is 9.94. The van der Waals surface area contributed by atoms with Crippen LogP contribution in [0, 0.1) is 20.8 Å². The molecule has 3 heteroatoms. The Morgan fingerprint density at radius 2 is 1.61 bits per heavy atom. The number of aryl methyl sites for hydroxylation is 3. The summed E-state index contributed by atoms with van der Waals surface area (Å²) in [5.41, 5.74) is 3.83. The normalized spacial score (nSPS) is 10.2. The van der Waals surface area contributed by atoms with Gasteiger partial charge in [0.1, 0.15) is 0 Å². The second-order valence-electron chi connectivity index (χ2n) is 4.50. The van der Waals surface area contributed by atoms with Gasteiger partial charge in [-0.1, -0.05) is 17.7 Å². The first kappa shape index (κ1) is 14.4. The van der Waals surface area contributed by atoms with Gasteiger partial charge in [-0.15, -0.1) is 0 Å². The molecule has 1 rings (SSSR count). The van der Waals surface area contributed by atoms with E-state index in [1.165, 1.54) is 0 Å². The van der Waals surface area contributed by atoms with Gasteiger partial charge in [-0.05, 0) is 38.8 Å². The molecule has 18 heavy (non-hydrogen) atoms. The lowest BCUT2D eigenvalue weighted by Gasteiger charge is -2.10. The number of benzene rings is 1. The number of esters is 1.